The molecular weight excluding hydrogens is 230 g/mol. The molecule has 0 radical (unpaired) electrons. The zero-order valence-electron chi connectivity index (χ0n) is 10.4. The molecule has 1 atom stereocenters. The van der Waals surface area contributed by atoms with Crippen LogP contribution in [-0.2, 0) is 11.3 Å². The summed E-state index contributed by atoms with van der Waals surface area (Å²) >= 11 is 0. The van der Waals surface area contributed by atoms with Crippen molar-refractivity contribution < 1.29 is 4.74 Å². The molecule has 0 saturated heterocycles. The van der Waals surface area contributed by atoms with Crippen molar-refractivity contribution in [2.75, 3.05) is 13.2 Å². The summed E-state index contributed by atoms with van der Waals surface area (Å²) in [7, 11) is 0. The van der Waals surface area contributed by atoms with Crippen molar-refractivity contribution in [3.05, 3.63) is 40.9 Å². The van der Waals surface area contributed by atoms with Gasteiger partial charge in [-0.3, -0.25) is 9.36 Å². The van der Waals surface area contributed by atoms with E-state index in [9.17, 15) is 4.79 Å². The molecule has 96 valence electrons. The molecule has 1 aromatic carbocycles. The number of benzene rings is 1. The van der Waals surface area contributed by atoms with Gasteiger partial charge >= 0.3 is 0 Å². The van der Waals surface area contributed by atoms with Crippen molar-refractivity contribution in [2.24, 2.45) is 5.73 Å². The van der Waals surface area contributed by atoms with E-state index in [-0.39, 0.29) is 11.7 Å². The number of para-hydroxylation sites is 1. The summed E-state index contributed by atoms with van der Waals surface area (Å²) < 4.78 is 7.00. The largest absolute Gasteiger partial charge is 0.375 e. The SMILES string of the molecule is CCOC(CN)Cn1cnc2ccccc2c1=O. The van der Waals surface area contributed by atoms with Gasteiger partial charge in [-0.25, -0.2) is 4.98 Å². The Kier molecular flexibility index (Phi) is 4.07. The number of hydrogen-bond donors (Lipinski definition) is 1. The van der Waals surface area contributed by atoms with E-state index in [4.69, 9.17) is 10.5 Å². The maximum Gasteiger partial charge on any atom is 0.261 e. The third-order valence-corrected chi connectivity index (χ3v) is 2.80. The second-order valence-corrected chi connectivity index (χ2v) is 4.03. The normalized spacial score (nSPS) is 12.8. The number of aromatic nitrogens is 2. The van der Waals surface area contributed by atoms with E-state index in [0.717, 1.165) is 0 Å². The predicted molar refractivity (Wildman–Crippen MR) is 70.5 cm³/mol. The van der Waals surface area contributed by atoms with E-state index in [1.165, 1.54) is 0 Å². The molecular formula is C13H17N3O2. The highest BCUT2D eigenvalue weighted by molar-refractivity contribution is 5.76. The van der Waals surface area contributed by atoms with Gasteiger partial charge in [-0.15, -0.1) is 0 Å². The average Bonchev–Trinajstić information content (AvgIpc) is 2.41. The molecule has 0 bridgehead atoms. The highest BCUT2D eigenvalue weighted by Gasteiger charge is 2.10. The Hall–Kier alpha value is -1.72. The second-order valence-electron chi connectivity index (χ2n) is 4.03. The van der Waals surface area contributed by atoms with Crippen molar-refractivity contribution in [1.29, 1.82) is 0 Å². The zero-order valence-corrected chi connectivity index (χ0v) is 10.4. The minimum atomic E-state index is -0.157. The van der Waals surface area contributed by atoms with Gasteiger partial charge in [-0.1, -0.05) is 12.1 Å². The smallest absolute Gasteiger partial charge is 0.261 e. The van der Waals surface area contributed by atoms with Gasteiger partial charge in [0.15, 0.2) is 0 Å². The average molecular weight is 247 g/mol. The highest BCUT2D eigenvalue weighted by atomic mass is 16.5. The van der Waals surface area contributed by atoms with Gasteiger partial charge in [0.25, 0.3) is 5.56 Å². The molecule has 0 fully saturated rings. The zero-order chi connectivity index (χ0) is 13.0. The van der Waals surface area contributed by atoms with Crippen LogP contribution in [0.25, 0.3) is 10.9 Å². The molecule has 18 heavy (non-hydrogen) atoms. The first-order valence-corrected chi connectivity index (χ1v) is 6.02. The number of rotatable bonds is 5. The Morgan fingerprint density at radius 3 is 2.94 bits per heavy atom. The molecule has 5 nitrogen and oxygen atoms in total. The van der Waals surface area contributed by atoms with Gasteiger partial charge in [-0.05, 0) is 19.1 Å². The number of fused-ring (bicyclic) bond motifs is 1. The third-order valence-electron chi connectivity index (χ3n) is 2.80. The first kappa shape index (κ1) is 12.7. The first-order chi connectivity index (χ1) is 8.76. The summed E-state index contributed by atoms with van der Waals surface area (Å²) in [5, 5.41) is 0.618. The number of nitrogens with two attached hydrogens (primary N) is 1. The molecule has 0 aliphatic heterocycles. The lowest BCUT2D eigenvalue weighted by molar-refractivity contribution is 0.0559. The van der Waals surface area contributed by atoms with Crippen LogP contribution in [0.3, 0.4) is 0 Å². The summed E-state index contributed by atoms with van der Waals surface area (Å²) in [5.74, 6) is 0. The Balaban J connectivity index is 2.34. The van der Waals surface area contributed by atoms with Gasteiger partial charge in [0.2, 0.25) is 0 Å². The van der Waals surface area contributed by atoms with Crippen molar-refractivity contribution in [3.63, 3.8) is 0 Å². The molecule has 2 N–H and O–H groups in total. The minimum Gasteiger partial charge on any atom is -0.375 e. The molecule has 1 aromatic heterocycles. The van der Waals surface area contributed by atoms with Crippen molar-refractivity contribution in [1.82, 2.24) is 9.55 Å². The van der Waals surface area contributed by atoms with Gasteiger partial charge in [0.05, 0.1) is 29.9 Å². The van der Waals surface area contributed by atoms with Gasteiger partial charge < -0.3 is 10.5 Å². The monoisotopic (exact) mass is 247 g/mol. The van der Waals surface area contributed by atoms with Crippen molar-refractivity contribution >= 4 is 10.9 Å². The molecule has 0 saturated carbocycles. The van der Waals surface area contributed by atoms with E-state index in [1.807, 2.05) is 25.1 Å². The molecule has 1 unspecified atom stereocenters. The molecule has 2 rings (SSSR count). The molecule has 0 amide bonds. The summed E-state index contributed by atoms with van der Waals surface area (Å²) in [6.07, 6.45) is 1.39. The first-order valence-electron chi connectivity index (χ1n) is 6.02. The van der Waals surface area contributed by atoms with E-state index in [0.29, 0.717) is 30.6 Å². The standard InChI is InChI=1S/C13H17N3O2/c1-2-18-10(7-14)8-16-9-15-12-6-4-3-5-11(12)13(16)17/h3-6,9-10H,2,7-8,14H2,1H3. The summed E-state index contributed by atoms with van der Waals surface area (Å²) in [6.45, 7) is 3.30. The van der Waals surface area contributed by atoms with Gasteiger partial charge in [-0.2, -0.15) is 0 Å². The van der Waals surface area contributed by atoms with Gasteiger partial charge in [0, 0.05) is 13.2 Å². The number of ether oxygens (including phenoxy) is 1. The van der Waals surface area contributed by atoms with Crippen LogP contribution in [0.4, 0.5) is 0 Å². The van der Waals surface area contributed by atoms with Crippen LogP contribution in [0.1, 0.15) is 6.92 Å². The van der Waals surface area contributed by atoms with Crippen LogP contribution in [0.15, 0.2) is 35.4 Å². The lowest BCUT2D eigenvalue weighted by atomic mass is 10.2. The molecule has 0 spiro atoms. The fourth-order valence-corrected chi connectivity index (χ4v) is 1.89. The molecule has 0 aliphatic carbocycles. The Morgan fingerprint density at radius 1 is 1.44 bits per heavy atom. The summed E-state index contributed by atoms with van der Waals surface area (Å²) in [6, 6.07) is 7.30. The Bertz CT molecular complexity index is 580. The summed E-state index contributed by atoms with van der Waals surface area (Å²) in [4.78, 5) is 16.5. The van der Waals surface area contributed by atoms with Crippen LogP contribution >= 0.6 is 0 Å². The van der Waals surface area contributed by atoms with E-state index in [2.05, 4.69) is 4.98 Å². The molecule has 0 aliphatic rings. The topological polar surface area (TPSA) is 70.1 Å². The fourth-order valence-electron chi connectivity index (χ4n) is 1.89. The minimum absolute atomic E-state index is 0.0567. The fraction of sp³-hybridized carbons (Fsp3) is 0.385. The van der Waals surface area contributed by atoms with Crippen molar-refractivity contribution in [2.45, 2.75) is 19.6 Å². The second kappa shape index (κ2) is 5.75. The molecule has 1 heterocycles. The van der Waals surface area contributed by atoms with Crippen LogP contribution in [0.2, 0.25) is 0 Å². The predicted octanol–water partition coefficient (Wildman–Crippen LogP) is 0.760. The molecule has 5 heteroatoms. The van der Waals surface area contributed by atoms with E-state index < -0.39 is 0 Å². The Morgan fingerprint density at radius 2 is 2.22 bits per heavy atom. The van der Waals surface area contributed by atoms with Crippen molar-refractivity contribution in [3.8, 4) is 0 Å². The van der Waals surface area contributed by atoms with Crippen LogP contribution in [0, 0.1) is 0 Å². The lowest BCUT2D eigenvalue weighted by Gasteiger charge is -2.16. The highest BCUT2D eigenvalue weighted by Crippen LogP contribution is 2.05. The number of nitrogens with zero attached hydrogens (tertiary/aromatic N) is 2. The summed E-state index contributed by atoms with van der Waals surface area (Å²) in [5.41, 5.74) is 6.26. The van der Waals surface area contributed by atoms with Crippen LogP contribution in [-0.4, -0.2) is 28.8 Å². The van der Waals surface area contributed by atoms with E-state index in [1.54, 1.807) is 17.0 Å². The maximum absolute atomic E-state index is 12.2. The van der Waals surface area contributed by atoms with E-state index >= 15 is 0 Å². The molecule has 2 aromatic rings. The maximum atomic E-state index is 12.2. The van der Waals surface area contributed by atoms with Crippen LogP contribution in [0.5, 0.6) is 0 Å². The quantitative estimate of drug-likeness (QED) is 0.846. The Labute approximate surface area is 105 Å². The lowest BCUT2D eigenvalue weighted by Crippen LogP contribution is -2.33. The van der Waals surface area contributed by atoms with Gasteiger partial charge in [0.1, 0.15) is 0 Å². The third kappa shape index (κ3) is 2.57. The number of hydrogen-bond acceptors (Lipinski definition) is 4. The van der Waals surface area contributed by atoms with Crippen LogP contribution < -0.4 is 11.3 Å².